The van der Waals surface area contributed by atoms with Crippen molar-refractivity contribution in [2.45, 2.75) is 44.9 Å². The number of hydrogen-bond donors (Lipinski definition) is 0. The number of Topliss-reactive ketones (excluding diaryl/α,β-unsaturated/α-hetero) is 1. The van der Waals surface area contributed by atoms with Gasteiger partial charge in [-0.3, -0.25) is 4.79 Å². The van der Waals surface area contributed by atoms with Crippen LogP contribution in [0.4, 0.5) is 0 Å². The molecule has 0 heterocycles. The molecule has 0 amide bonds. The Morgan fingerprint density at radius 3 is 2.39 bits per heavy atom. The van der Waals surface area contributed by atoms with E-state index < -0.39 is 0 Å². The fourth-order valence-electron chi connectivity index (χ4n) is 2.34. The van der Waals surface area contributed by atoms with Crippen LogP contribution in [0.1, 0.15) is 49.7 Å². The van der Waals surface area contributed by atoms with E-state index in [0.29, 0.717) is 11.7 Å². The zero-order valence-corrected chi connectivity index (χ0v) is 10.6. The Kier molecular flexibility index (Phi) is 6.03. The van der Waals surface area contributed by atoms with Gasteiger partial charge in [-0.2, -0.15) is 9.59 Å². The van der Waals surface area contributed by atoms with Crippen molar-refractivity contribution in [2.24, 2.45) is 0 Å². The minimum absolute atomic E-state index is 0.250. The summed E-state index contributed by atoms with van der Waals surface area (Å²) in [5.41, 5.74) is 2.84. The van der Waals surface area contributed by atoms with E-state index in [1.807, 2.05) is 0 Å². The first-order valence-electron chi connectivity index (χ1n) is 6.31. The van der Waals surface area contributed by atoms with Crippen molar-refractivity contribution < 1.29 is 14.4 Å². The second kappa shape index (κ2) is 7.57. The van der Waals surface area contributed by atoms with Crippen LogP contribution >= 0.6 is 0 Å². The van der Waals surface area contributed by atoms with E-state index in [0.717, 1.165) is 32.1 Å². The van der Waals surface area contributed by atoms with Crippen LogP contribution in [0.15, 0.2) is 24.3 Å². The second-order valence-electron chi connectivity index (χ2n) is 4.49. The fourth-order valence-corrected chi connectivity index (χ4v) is 2.34. The molecule has 18 heavy (non-hydrogen) atoms. The summed E-state index contributed by atoms with van der Waals surface area (Å²) in [6.07, 6.45) is 5.00. The minimum atomic E-state index is 0.250. The predicted octanol–water partition coefficient (Wildman–Crippen LogP) is 2.89. The molecular formula is C15H18O3. The Labute approximate surface area is 107 Å². The van der Waals surface area contributed by atoms with Crippen LogP contribution in [0.5, 0.6) is 0 Å². The predicted molar refractivity (Wildman–Crippen MR) is 67.0 cm³/mol. The van der Waals surface area contributed by atoms with Crippen LogP contribution in [0.3, 0.4) is 0 Å². The SMILES string of the molecule is CCc1cccc(C2CCC(=O)CC2)c1.O=C=O. The van der Waals surface area contributed by atoms with Gasteiger partial charge in [0, 0.05) is 12.8 Å². The van der Waals surface area contributed by atoms with E-state index in [9.17, 15) is 4.79 Å². The summed E-state index contributed by atoms with van der Waals surface area (Å²) in [6, 6.07) is 8.84. The van der Waals surface area contributed by atoms with Crippen LogP contribution in [0.2, 0.25) is 0 Å². The lowest BCUT2D eigenvalue weighted by Gasteiger charge is -2.21. The Morgan fingerprint density at radius 1 is 1.22 bits per heavy atom. The average molecular weight is 246 g/mol. The fraction of sp³-hybridized carbons (Fsp3) is 0.467. The number of carbonyl (C=O) groups excluding carboxylic acids is 3. The molecule has 1 aliphatic carbocycles. The molecule has 0 bridgehead atoms. The van der Waals surface area contributed by atoms with Gasteiger partial charge in [0.05, 0.1) is 0 Å². The molecule has 0 aliphatic heterocycles. The van der Waals surface area contributed by atoms with Crippen molar-refractivity contribution in [1.82, 2.24) is 0 Å². The largest absolute Gasteiger partial charge is 0.373 e. The molecule has 0 spiro atoms. The first kappa shape index (κ1) is 14.3. The first-order chi connectivity index (χ1) is 8.71. The number of ketones is 1. The zero-order valence-electron chi connectivity index (χ0n) is 10.6. The summed E-state index contributed by atoms with van der Waals surface area (Å²) in [7, 11) is 0. The van der Waals surface area contributed by atoms with Crippen molar-refractivity contribution >= 4 is 11.9 Å². The van der Waals surface area contributed by atoms with Crippen molar-refractivity contribution in [3.8, 4) is 0 Å². The second-order valence-corrected chi connectivity index (χ2v) is 4.49. The molecule has 1 aromatic carbocycles. The lowest BCUT2D eigenvalue weighted by Crippen LogP contribution is -2.12. The van der Waals surface area contributed by atoms with Crippen molar-refractivity contribution in [2.75, 3.05) is 0 Å². The highest BCUT2D eigenvalue weighted by molar-refractivity contribution is 5.79. The van der Waals surface area contributed by atoms with E-state index in [-0.39, 0.29) is 6.15 Å². The van der Waals surface area contributed by atoms with Crippen LogP contribution in [-0.4, -0.2) is 11.9 Å². The molecule has 2 rings (SSSR count). The van der Waals surface area contributed by atoms with Gasteiger partial charge in [0.15, 0.2) is 0 Å². The van der Waals surface area contributed by atoms with Crippen molar-refractivity contribution in [3.63, 3.8) is 0 Å². The third kappa shape index (κ3) is 4.27. The summed E-state index contributed by atoms with van der Waals surface area (Å²) in [5.74, 6) is 1.06. The molecule has 0 unspecified atom stereocenters. The Bertz CT molecular complexity index is 421. The molecule has 96 valence electrons. The van der Waals surface area contributed by atoms with E-state index in [4.69, 9.17) is 9.59 Å². The molecule has 1 fully saturated rings. The number of hydrogen-bond acceptors (Lipinski definition) is 3. The molecule has 0 N–H and O–H groups in total. The standard InChI is InChI=1S/C14H18O.CO2/c1-2-11-4-3-5-13(10-11)12-6-8-14(15)9-7-12;2-1-3/h3-5,10,12H,2,6-9H2,1H3;. The van der Waals surface area contributed by atoms with Gasteiger partial charge in [0.1, 0.15) is 5.78 Å². The molecule has 3 heteroatoms. The maximum absolute atomic E-state index is 11.2. The zero-order chi connectivity index (χ0) is 13.4. The van der Waals surface area contributed by atoms with Crippen LogP contribution in [0.25, 0.3) is 0 Å². The van der Waals surface area contributed by atoms with Gasteiger partial charge in [-0.15, -0.1) is 0 Å². The van der Waals surface area contributed by atoms with Gasteiger partial charge in [-0.1, -0.05) is 31.2 Å². The summed E-state index contributed by atoms with van der Waals surface area (Å²) in [6.45, 7) is 2.18. The molecule has 0 radical (unpaired) electrons. The monoisotopic (exact) mass is 246 g/mol. The van der Waals surface area contributed by atoms with Crippen LogP contribution in [0, 0.1) is 0 Å². The van der Waals surface area contributed by atoms with Crippen LogP contribution < -0.4 is 0 Å². The van der Waals surface area contributed by atoms with Crippen LogP contribution in [-0.2, 0) is 20.8 Å². The highest BCUT2D eigenvalue weighted by Gasteiger charge is 2.19. The molecule has 1 saturated carbocycles. The third-order valence-electron chi connectivity index (χ3n) is 3.37. The Balaban J connectivity index is 0.000000492. The molecule has 0 aromatic heterocycles. The summed E-state index contributed by atoms with van der Waals surface area (Å²) in [4.78, 5) is 27.4. The lowest BCUT2D eigenvalue weighted by atomic mass is 9.83. The first-order valence-corrected chi connectivity index (χ1v) is 6.31. The molecule has 0 atom stereocenters. The molecule has 0 saturated heterocycles. The van der Waals surface area contributed by atoms with Gasteiger partial charge in [-0.05, 0) is 36.3 Å². The van der Waals surface area contributed by atoms with E-state index in [1.54, 1.807) is 0 Å². The number of rotatable bonds is 2. The van der Waals surface area contributed by atoms with E-state index in [1.165, 1.54) is 11.1 Å². The normalized spacial score (nSPS) is 15.5. The van der Waals surface area contributed by atoms with Gasteiger partial charge in [0.2, 0.25) is 0 Å². The van der Waals surface area contributed by atoms with Gasteiger partial charge >= 0.3 is 6.15 Å². The summed E-state index contributed by atoms with van der Waals surface area (Å²) < 4.78 is 0. The van der Waals surface area contributed by atoms with Gasteiger partial charge in [-0.25, -0.2) is 0 Å². The maximum atomic E-state index is 11.2. The number of benzene rings is 1. The Morgan fingerprint density at radius 2 is 1.83 bits per heavy atom. The van der Waals surface area contributed by atoms with Gasteiger partial charge < -0.3 is 0 Å². The highest BCUT2D eigenvalue weighted by atomic mass is 16.2. The molecule has 1 aliphatic rings. The summed E-state index contributed by atoms with van der Waals surface area (Å²) >= 11 is 0. The topological polar surface area (TPSA) is 51.2 Å². The molecule has 1 aromatic rings. The molecular weight excluding hydrogens is 228 g/mol. The lowest BCUT2D eigenvalue weighted by molar-refractivity contribution is -0.191. The van der Waals surface area contributed by atoms with Crippen molar-refractivity contribution in [1.29, 1.82) is 0 Å². The van der Waals surface area contributed by atoms with E-state index >= 15 is 0 Å². The van der Waals surface area contributed by atoms with E-state index in [2.05, 4.69) is 31.2 Å². The quantitative estimate of drug-likeness (QED) is 0.806. The third-order valence-corrected chi connectivity index (χ3v) is 3.37. The highest BCUT2D eigenvalue weighted by Crippen LogP contribution is 2.31. The average Bonchev–Trinajstić information content (AvgIpc) is 2.40. The Hall–Kier alpha value is -1.73. The minimum Gasteiger partial charge on any atom is -0.300 e. The maximum Gasteiger partial charge on any atom is 0.373 e. The number of aryl methyl sites for hydroxylation is 1. The number of carbonyl (C=O) groups is 1. The smallest absolute Gasteiger partial charge is 0.300 e. The molecule has 3 nitrogen and oxygen atoms in total. The van der Waals surface area contributed by atoms with Gasteiger partial charge in [0.25, 0.3) is 0 Å². The summed E-state index contributed by atoms with van der Waals surface area (Å²) in [5, 5.41) is 0. The van der Waals surface area contributed by atoms with Crippen molar-refractivity contribution in [3.05, 3.63) is 35.4 Å².